The number of carbonyl (C=O) groups is 1. The van der Waals surface area contributed by atoms with Crippen molar-refractivity contribution >= 4 is 5.91 Å². The normalized spacial score (nSPS) is 10.6. The first-order valence-electron chi connectivity index (χ1n) is 8.81. The number of rotatable bonds is 6. The summed E-state index contributed by atoms with van der Waals surface area (Å²) in [4.78, 5) is 12.4. The maximum atomic E-state index is 12.4. The Bertz CT molecular complexity index is 855. The Hall–Kier alpha value is -3.07. The van der Waals surface area contributed by atoms with Gasteiger partial charge in [0, 0.05) is 12.1 Å². The lowest BCUT2D eigenvalue weighted by atomic mass is 10.0. The van der Waals surface area contributed by atoms with Crippen molar-refractivity contribution in [2.24, 2.45) is 0 Å². The van der Waals surface area contributed by atoms with E-state index in [4.69, 9.17) is 4.74 Å². The molecule has 0 spiro atoms. The van der Waals surface area contributed by atoms with Crippen LogP contribution < -0.4 is 10.1 Å². The van der Waals surface area contributed by atoms with Crippen LogP contribution in [-0.4, -0.2) is 12.0 Å². The molecule has 132 valence electrons. The van der Waals surface area contributed by atoms with E-state index in [2.05, 4.69) is 17.4 Å². The molecule has 0 aliphatic rings. The molecular formula is C23H23NO2. The molecule has 0 aliphatic heterocycles. The summed E-state index contributed by atoms with van der Waals surface area (Å²) in [5.74, 6) is 0.735. The number of amides is 1. The van der Waals surface area contributed by atoms with E-state index in [1.54, 1.807) is 0 Å². The van der Waals surface area contributed by atoms with Crippen molar-refractivity contribution in [2.75, 3.05) is 0 Å². The highest BCUT2D eigenvalue weighted by Gasteiger charge is 2.07. The lowest BCUT2D eigenvalue weighted by Gasteiger charge is -2.11. The molecular weight excluding hydrogens is 322 g/mol. The van der Waals surface area contributed by atoms with Crippen LogP contribution in [-0.2, 0) is 6.54 Å². The Kier molecular flexibility index (Phi) is 5.69. The largest absolute Gasteiger partial charge is 0.491 e. The minimum Gasteiger partial charge on any atom is -0.491 e. The van der Waals surface area contributed by atoms with Crippen molar-refractivity contribution < 1.29 is 9.53 Å². The van der Waals surface area contributed by atoms with Crippen LogP contribution in [0.1, 0.15) is 29.8 Å². The van der Waals surface area contributed by atoms with Crippen molar-refractivity contribution in [1.82, 2.24) is 5.32 Å². The molecule has 0 aliphatic carbocycles. The lowest BCUT2D eigenvalue weighted by molar-refractivity contribution is 0.0951. The van der Waals surface area contributed by atoms with Crippen molar-refractivity contribution in [3.8, 4) is 16.9 Å². The monoisotopic (exact) mass is 345 g/mol. The third-order valence-corrected chi connectivity index (χ3v) is 3.98. The molecule has 1 N–H and O–H groups in total. The quantitative estimate of drug-likeness (QED) is 0.677. The summed E-state index contributed by atoms with van der Waals surface area (Å²) in [7, 11) is 0. The van der Waals surface area contributed by atoms with Gasteiger partial charge in [-0.2, -0.15) is 0 Å². The minimum atomic E-state index is -0.0835. The fourth-order valence-electron chi connectivity index (χ4n) is 2.73. The van der Waals surface area contributed by atoms with Gasteiger partial charge in [0.1, 0.15) is 5.75 Å². The van der Waals surface area contributed by atoms with Gasteiger partial charge >= 0.3 is 0 Å². The van der Waals surface area contributed by atoms with Crippen LogP contribution in [0.2, 0.25) is 0 Å². The zero-order valence-corrected chi connectivity index (χ0v) is 15.1. The second-order valence-corrected chi connectivity index (χ2v) is 6.44. The van der Waals surface area contributed by atoms with Crippen LogP contribution >= 0.6 is 0 Å². The molecule has 0 bridgehead atoms. The molecule has 1 amide bonds. The highest BCUT2D eigenvalue weighted by atomic mass is 16.5. The van der Waals surface area contributed by atoms with E-state index in [0.29, 0.717) is 12.1 Å². The molecule has 0 radical (unpaired) electrons. The molecule has 3 heteroatoms. The van der Waals surface area contributed by atoms with Crippen LogP contribution in [0, 0.1) is 0 Å². The first-order valence-corrected chi connectivity index (χ1v) is 8.81. The Morgan fingerprint density at radius 3 is 2.27 bits per heavy atom. The summed E-state index contributed by atoms with van der Waals surface area (Å²) >= 11 is 0. The summed E-state index contributed by atoms with van der Waals surface area (Å²) in [6, 6.07) is 25.6. The van der Waals surface area contributed by atoms with E-state index in [9.17, 15) is 4.79 Å². The van der Waals surface area contributed by atoms with Crippen LogP contribution in [0.4, 0.5) is 0 Å². The summed E-state index contributed by atoms with van der Waals surface area (Å²) in [6.45, 7) is 4.45. The van der Waals surface area contributed by atoms with E-state index in [-0.39, 0.29) is 12.0 Å². The summed E-state index contributed by atoms with van der Waals surface area (Å²) in [6.07, 6.45) is 0.128. The lowest BCUT2D eigenvalue weighted by Crippen LogP contribution is -2.22. The average molecular weight is 345 g/mol. The van der Waals surface area contributed by atoms with E-state index in [0.717, 1.165) is 22.4 Å². The molecule has 0 saturated carbocycles. The molecule has 0 atom stereocenters. The smallest absolute Gasteiger partial charge is 0.251 e. The van der Waals surface area contributed by atoms with Crippen molar-refractivity contribution in [3.05, 3.63) is 90.0 Å². The van der Waals surface area contributed by atoms with Crippen LogP contribution in [0.3, 0.4) is 0 Å². The topological polar surface area (TPSA) is 38.3 Å². The van der Waals surface area contributed by atoms with Crippen molar-refractivity contribution in [1.29, 1.82) is 0 Å². The van der Waals surface area contributed by atoms with Gasteiger partial charge in [-0.3, -0.25) is 4.79 Å². The van der Waals surface area contributed by atoms with Gasteiger partial charge < -0.3 is 10.1 Å². The summed E-state index contributed by atoms with van der Waals surface area (Å²) < 4.78 is 5.69. The fraction of sp³-hybridized carbons (Fsp3) is 0.174. The maximum absolute atomic E-state index is 12.4. The summed E-state index contributed by atoms with van der Waals surface area (Å²) in [5, 5.41) is 2.96. The predicted octanol–water partition coefficient (Wildman–Crippen LogP) is 5.07. The maximum Gasteiger partial charge on any atom is 0.251 e. The molecule has 0 saturated heterocycles. The molecule has 3 rings (SSSR count). The van der Waals surface area contributed by atoms with E-state index in [1.165, 1.54) is 0 Å². The van der Waals surface area contributed by atoms with E-state index < -0.39 is 0 Å². The van der Waals surface area contributed by atoms with Crippen molar-refractivity contribution in [3.63, 3.8) is 0 Å². The Labute approximate surface area is 154 Å². The van der Waals surface area contributed by atoms with Gasteiger partial charge in [-0.15, -0.1) is 0 Å². The number of hydrogen-bond donors (Lipinski definition) is 1. The third-order valence-electron chi connectivity index (χ3n) is 3.98. The average Bonchev–Trinajstić information content (AvgIpc) is 2.67. The molecule has 3 aromatic carbocycles. The Balaban J connectivity index is 1.62. The zero-order valence-electron chi connectivity index (χ0n) is 15.1. The molecule has 3 aromatic rings. The van der Waals surface area contributed by atoms with Gasteiger partial charge in [0.15, 0.2) is 0 Å². The fourth-order valence-corrected chi connectivity index (χ4v) is 2.73. The molecule has 0 fully saturated rings. The van der Waals surface area contributed by atoms with Gasteiger partial charge in [-0.05, 0) is 54.8 Å². The first kappa shape index (κ1) is 17.7. The standard InChI is InChI=1S/C23H23NO2/c1-17(2)26-22-10-6-7-18(15-22)16-24-23(25)21-13-11-20(12-14-21)19-8-4-3-5-9-19/h3-15,17H,16H2,1-2H3,(H,24,25). The second-order valence-electron chi connectivity index (χ2n) is 6.44. The number of carbonyl (C=O) groups excluding carboxylic acids is 1. The van der Waals surface area contributed by atoms with E-state index >= 15 is 0 Å². The van der Waals surface area contributed by atoms with Gasteiger partial charge in [0.05, 0.1) is 6.10 Å². The molecule has 0 aromatic heterocycles. The van der Waals surface area contributed by atoms with E-state index in [1.807, 2.05) is 80.6 Å². The summed E-state index contributed by atoms with van der Waals surface area (Å²) in [5.41, 5.74) is 3.90. The van der Waals surface area contributed by atoms with Gasteiger partial charge in [0.2, 0.25) is 0 Å². The third kappa shape index (κ3) is 4.73. The molecule has 0 unspecified atom stereocenters. The second kappa shape index (κ2) is 8.34. The Morgan fingerprint density at radius 1 is 0.885 bits per heavy atom. The number of ether oxygens (including phenoxy) is 1. The highest BCUT2D eigenvalue weighted by Crippen LogP contribution is 2.19. The number of benzene rings is 3. The van der Waals surface area contributed by atoms with Gasteiger partial charge in [-0.25, -0.2) is 0 Å². The van der Waals surface area contributed by atoms with Gasteiger partial charge in [0.25, 0.3) is 5.91 Å². The minimum absolute atomic E-state index is 0.0835. The number of nitrogens with one attached hydrogen (secondary N) is 1. The molecule has 3 nitrogen and oxygen atoms in total. The number of hydrogen-bond acceptors (Lipinski definition) is 2. The van der Waals surface area contributed by atoms with Crippen LogP contribution in [0.25, 0.3) is 11.1 Å². The van der Waals surface area contributed by atoms with Gasteiger partial charge in [-0.1, -0.05) is 54.6 Å². The Morgan fingerprint density at radius 2 is 1.58 bits per heavy atom. The SMILES string of the molecule is CC(C)Oc1cccc(CNC(=O)c2ccc(-c3ccccc3)cc2)c1. The predicted molar refractivity (Wildman–Crippen MR) is 105 cm³/mol. The first-order chi connectivity index (χ1) is 12.6. The molecule has 26 heavy (non-hydrogen) atoms. The van der Waals surface area contributed by atoms with Crippen LogP contribution in [0.5, 0.6) is 5.75 Å². The van der Waals surface area contributed by atoms with Crippen LogP contribution in [0.15, 0.2) is 78.9 Å². The molecule has 0 heterocycles. The van der Waals surface area contributed by atoms with Crippen molar-refractivity contribution in [2.45, 2.75) is 26.5 Å². The zero-order chi connectivity index (χ0) is 18.4. The highest BCUT2D eigenvalue weighted by molar-refractivity contribution is 5.94.